The Labute approximate surface area is 131 Å². The summed E-state index contributed by atoms with van der Waals surface area (Å²) in [6.45, 7) is 5.88. The second-order valence-corrected chi connectivity index (χ2v) is 6.31. The molecule has 4 nitrogen and oxygen atoms in total. The van der Waals surface area contributed by atoms with E-state index >= 15 is 0 Å². The molecule has 1 saturated heterocycles. The van der Waals surface area contributed by atoms with Gasteiger partial charge in [-0.1, -0.05) is 55.8 Å². The molecule has 1 aromatic carbocycles. The molecule has 0 aromatic heterocycles. The number of carbonyl (C=O) groups is 1. The second-order valence-electron chi connectivity index (χ2n) is 6.31. The fourth-order valence-electron chi connectivity index (χ4n) is 3.14. The van der Waals surface area contributed by atoms with Gasteiger partial charge in [-0.05, 0) is 17.9 Å². The molecule has 2 heterocycles. The largest absolute Gasteiger partial charge is 0.445 e. The van der Waals surface area contributed by atoms with Crippen molar-refractivity contribution in [1.82, 2.24) is 4.90 Å². The van der Waals surface area contributed by atoms with Gasteiger partial charge in [0.05, 0.1) is 25.3 Å². The highest BCUT2D eigenvalue weighted by molar-refractivity contribution is 5.69. The van der Waals surface area contributed by atoms with Crippen LogP contribution in [0.2, 0.25) is 0 Å². The standard InChI is InChI=1S/C18H23NO3/c1-13(2)15-8-16-11-21-12-17(9-15)19(16)18(20)22-10-14-6-4-3-5-7-14/h3-8,13,16-17H,9-12H2,1-2H3. The summed E-state index contributed by atoms with van der Waals surface area (Å²) in [6.07, 6.45) is 2.83. The van der Waals surface area contributed by atoms with Crippen molar-refractivity contribution in [1.29, 1.82) is 0 Å². The van der Waals surface area contributed by atoms with Crippen molar-refractivity contribution in [2.75, 3.05) is 13.2 Å². The summed E-state index contributed by atoms with van der Waals surface area (Å²) < 4.78 is 11.1. The van der Waals surface area contributed by atoms with Crippen molar-refractivity contribution in [3.8, 4) is 0 Å². The number of benzene rings is 1. The zero-order chi connectivity index (χ0) is 15.5. The summed E-state index contributed by atoms with van der Waals surface area (Å²) >= 11 is 0. The first-order valence-corrected chi connectivity index (χ1v) is 7.92. The van der Waals surface area contributed by atoms with Gasteiger partial charge in [-0.3, -0.25) is 4.90 Å². The first-order valence-electron chi connectivity index (χ1n) is 7.92. The fraction of sp³-hybridized carbons (Fsp3) is 0.500. The molecule has 0 saturated carbocycles. The summed E-state index contributed by atoms with van der Waals surface area (Å²) in [5.74, 6) is 0.519. The number of carbonyl (C=O) groups excluding carboxylic acids is 1. The summed E-state index contributed by atoms with van der Waals surface area (Å²) in [5, 5.41) is 0. The van der Waals surface area contributed by atoms with E-state index in [-0.39, 0.29) is 18.2 Å². The number of hydrogen-bond acceptors (Lipinski definition) is 3. The Morgan fingerprint density at radius 2 is 2.09 bits per heavy atom. The molecule has 22 heavy (non-hydrogen) atoms. The van der Waals surface area contributed by atoms with Crippen LogP contribution >= 0.6 is 0 Å². The molecule has 1 amide bonds. The Bertz CT molecular complexity index is 553. The Morgan fingerprint density at radius 1 is 1.32 bits per heavy atom. The van der Waals surface area contributed by atoms with Crippen LogP contribution in [0.5, 0.6) is 0 Å². The molecule has 3 rings (SSSR count). The van der Waals surface area contributed by atoms with E-state index in [4.69, 9.17) is 9.47 Å². The summed E-state index contributed by atoms with van der Waals surface area (Å²) in [7, 11) is 0. The van der Waals surface area contributed by atoms with Gasteiger partial charge in [0.25, 0.3) is 0 Å². The van der Waals surface area contributed by atoms with E-state index in [1.165, 1.54) is 5.57 Å². The van der Waals surface area contributed by atoms with Gasteiger partial charge in [0.1, 0.15) is 6.61 Å². The SMILES string of the molecule is CC(C)C1=CC2COCC(C1)N2C(=O)OCc1ccccc1. The molecule has 0 spiro atoms. The Morgan fingerprint density at radius 3 is 2.77 bits per heavy atom. The highest BCUT2D eigenvalue weighted by Gasteiger charge is 2.39. The minimum atomic E-state index is -0.235. The fourth-order valence-corrected chi connectivity index (χ4v) is 3.14. The molecule has 118 valence electrons. The normalized spacial score (nSPS) is 24.1. The molecule has 4 heteroatoms. The van der Waals surface area contributed by atoms with Crippen LogP contribution in [-0.2, 0) is 16.1 Å². The van der Waals surface area contributed by atoms with E-state index in [0.717, 1.165) is 12.0 Å². The van der Waals surface area contributed by atoms with Crippen molar-refractivity contribution < 1.29 is 14.3 Å². The van der Waals surface area contributed by atoms with Crippen molar-refractivity contribution in [2.45, 2.75) is 39.0 Å². The van der Waals surface area contributed by atoms with Crippen LogP contribution in [0.25, 0.3) is 0 Å². The van der Waals surface area contributed by atoms with Gasteiger partial charge in [0.2, 0.25) is 0 Å². The lowest BCUT2D eigenvalue weighted by Crippen LogP contribution is -2.56. The van der Waals surface area contributed by atoms with Gasteiger partial charge in [-0.25, -0.2) is 4.79 Å². The molecule has 0 radical (unpaired) electrons. The Hall–Kier alpha value is -1.81. The number of ether oxygens (including phenoxy) is 2. The highest BCUT2D eigenvalue weighted by Crippen LogP contribution is 2.31. The summed E-state index contributed by atoms with van der Waals surface area (Å²) in [4.78, 5) is 14.3. The van der Waals surface area contributed by atoms with Crippen LogP contribution in [-0.4, -0.2) is 36.3 Å². The Kier molecular flexibility index (Phi) is 4.48. The van der Waals surface area contributed by atoms with Crippen molar-refractivity contribution in [3.05, 3.63) is 47.5 Å². The highest BCUT2D eigenvalue weighted by atomic mass is 16.6. The number of fused-ring (bicyclic) bond motifs is 2. The zero-order valence-corrected chi connectivity index (χ0v) is 13.2. The third-order valence-corrected chi connectivity index (χ3v) is 4.38. The quantitative estimate of drug-likeness (QED) is 0.803. The number of amides is 1. The molecule has 2 aliphatic heterocycles. The first kappa shape index (κ1) is 15.1. The van der Waals surface area contributed by atoms with E-state index < -0.39 is 0 Å². The van der Waals surface area contributed by atoms with E-state index in [1.54, 1.807) is 0 Å². The molecule has 1 fully saturated rings. The van der Waals surface area contributed by atoms with Gasteiger partial charge < -0.3 is 9.47 Å². The summed E-state index contributed by atoms with van der Waals surface area (Å²) in [5.41, 5.74) is 2.43. The van der Waals surface area contributed by atoms with Crippen LogP contribution in [0.4, 0.5) is 4.79 Å². The lowest BCUT2D eigenvalue weighted by molar-refractivity contribution is -0.0381. The third-order valence-electron chi connectivity index (χ3n) is 4.38. The number of rotatable bonds is 3. The molecule has 1 aromatic rings. The van der Waals surface area contributed by atoms with E-state index in [0.29, 0.717) is 25.7 Å². The van der Waals surface area contributed by atoms with Gasteiger partial charge in [0.15, 0.2) is 0 Å². The smallest absolute Gasteiger partial charge is 0.411 e. The minimum Gasteiger partial charge on any atom is -0.445 e. The molecular weight excluding hydrogens is 278 g/mol. The van der Waals surface area contributed by atoms with Gasteiger partial charge in [-0.2, -0.15) is 0 Å². The van der Waals surface area contributed by atoms with E-state index in [9.17, 15) is 4.79 Å². The maximum Gasteiger partial charge on any atom is 0.411 e. The molecule has 0 aliphatic carbocycles. The van der Waals surface area contributed by atoms with E-state index in [1.807, 2.05) is 35.2 Å². The number of nitrogens with zero attached hydrogens (tertiary/aromatic N) is 1. The molecule has 2 bridgehead atoms. The predicted molar refractivity (Wildman–Crippen MR) is 84.4 cm³/mol. The summed E-state index contributed by atoms with van der Waals surface area (Å²) in [6, 6.07) is 9.89. The lowest BCUT2D eigenvalue weighted by atomic mass is 9.88. The second kappa shape index (κ2) is 6.53. The maximum absolute atomic E-state index is 12.5. The van der Waals surface area contributed by atoms with Crippen LogP contribution < -0.4 is 0 Å². The predicted octanol–water partition coefficient (Wildman–Crippen LogP) is 3.38. The lowest BCUT2D eigenvalue weighted by Gasteiger charge is -2.44. The number of morpholine rings is 1. The van der Waals surface area contributed by atoms with Crippen LogP contribution in [0.3, 0.4) is 0 Å². The van der Waals surface area contributed by atoms with Crippen molar-refractivity contribution >= 4 is 6.09 Å². The molecule has 2 aliphatic rings. The minimum absolute atomic E-state index is 0.00757. The number of hydrogen-bond donors (Lipinski definition) is 0. The van der Waals surface area contributed by atoms with Gasteiger partial charge in [-0.15, -0.1) is 0 Å². The van der Waals surface area contributed by atoms with E-state index in [2.05, 4.69) is 19.9 Å². The topological polar surface area (TPSA) is 38.8 Å². The third kappa shape index (κ3) is 3.17. The van der Waals surface area contributed by atoms with Crippen LogP contribution in [0.1, 0.15) is 25.8 Å². The molecular formula is C18H23NO3. The van der Waals surface area contributed by atoms with Crippen LogP contribution in [0.15, 0.2) is 42.0 Å². The average molecular weight is 301 g/mol. The maximum atomic E-state index is 12.5. The Balaban J connectivity index is 1.67. The monoisotopic (exact) mass is 301 g/mol. The van der Waals surface area contributed by atoms with Gasteiger partial charge in [0, 0.05) is 0 Å². The molecule has 2 unspecified atom stereocenters. The molecule has 0 N–H and O–H groups in total. The zero-order valence-electron chi connectivity index (χ0n) is 13.2. The van der Waals surface area contributed by atoms with Crippen molar-refractivity contribution in [3.63, 3.8) is 0 Å². The molecule has 2 atom stereocenters. The van der Waals surface area contributed by atoms with Crippen molar-refractivity contribution in [2.24, 2.45) is 5.92 Å². The first-order chi connectivity index (χ1) is 10.6. The van der Waals surface area contributed by atoms with Gasteiger partial charge >= 0.3 is 6.09 Å². The van der Waals surface area contributed by atoms with Crippen LogP contribution in [0, 0.1) is 5.92 Å². The average Bonchev–Trinajstić information content (AvgIpc) is 2.52.